The zero-order valence-corrected chi connectivity index (χ0v) is 15.6. The number of hydrogen-bond acceptors (Lipinski definition) is 4. The van der Waals surface area contributed by atoms with Gasteiger partial charge in [-0.05, 0) is 31.2 Å². The van der Waals surface area contributed by atoms with Gasteiger partial charge < -0.3 is 19.3 Å². The highest BCUT2D eigenvalue weighted by molar-refractivity contribution is 5.97. The van der Waals surface area contributed by atoms with Crippen molar-refractivity contribution in [3.63, 3.8) is 0 Å². The Morgan fingerprint density at radius 2 is 1.85 bits per heavy atom. The Morgan fingerprint density at radius 3 is 2.48 bits per heavy atom. The van der Waals surface area contributed by atoms with Gasteiger partial charge in [0.05, 0.1) is 30.0 Å². The fraction of sp³-hybridized carbons (Fsp3) is 0.238. The second kappa shape index (κ2) is 7.53. The first-order chi connectivity index (χ1) is 13.0. The van der Waals surface area contributed by atoms with Crippen LogP contribution in [-0.4, -0.2) is 29.2 Å². The van der Waals surface area contributed by atoms with Gasteiger partial charge in [-0.25, -0.2) is 0 Å². The maximum Gasteiger partial charge on any atom is 0.258 e. The summed E-state index contributed by atoms with van der Waals surface area (Å²) in [6, 6.07) is 14.4. The minimum Gasteiger partial charge on any atom is -0.507 e. The van der Waals surface area contributed by atoms with Crippen molar-refractivity contribution in [3.8, 4) is 11.5 Å². The molecule has 0 aliphatic heterocycles. The summed E-state index contributed by atoms with van der Waals surface area (Å²) in [4.78, 5) is 27.3. The van der Waals surface area contributed by atoms with Crippen molar-refractivity contribution >= 4 is 22.5 Å². The summed E-state index contributed by atoms with van der Waals surface area (Å²) in [5.41, 5.74) is 0.961. The van der Waals surface area contributed by atoms with Gasteiger partial charge in [-0.1, -0.05) is 24.3 Å². The van der Waals surface area contributed by atoms with Crippen molar-refractivity contribution in [1.82, 2.24) is 4.57 Å². The van der Waals surface area contributed by atoms with Crippen molar-refractivity contribution in [3.05, 3.63) is 64.4 Å². The summed E-state index contributed by atoms with van der Waals surface area (Å²) in [6.45, 7) is 2.33. The summed E-state index contributed by atoms with van der Waals surface area (Å²) < 4.78 is 6.76. The number of hydrogen-bond donors (Lipinski definition) is 1. The molecule has 140 valence electrons. The van der Waals surface area contributed by atoms with Crippen LogP contribution in [0.5, 0.6) is 11.5 Å². The Bertz CT molecular complexity index is 1040. The smallest absolute Gasteiger partial charge is 0.258 e. The maximum absolute atomic E-state index is 12.9. The number of carbonyl (C=O) groups excluding carboxylic acids is 1. The molecule has 1 N–H and O–H groups in total. The molecular weight excluding hydrogens is 344 g/mol. The lowest BCUT2D eigenvalue weighted by atomic mass is 10.1. The average molecular weight is 366 g/mol. The molecule has 27 heavy (non-hydrogen) atoms. The molecule has 1 aromatic heterocycles. The number of para-hydroxylation sites is 1. The molecule has 1 heterocycles. The molecule has 6 heteroatoms. The first kappa shape index (κ1) is 18.5. The van der Waals surface area contributed by atoms with E-state index in [2.05, 4.69) is 0 Å². The molecule has 0 saturated carbocycles. The Labute approximate surface area is 157 Å². The van der Waals surface area contributed by atoms with Crippen LogP contribution in [0.1, 0.15) is 12.5 Å². The highest BCUT2D eigenvalue weighted by Crippen LogP contribution is 2.34. The molecule has 0 aliphatic rings. The van der Waals surface area contributed by atoms with E-state index in [0.717, 1.165) is 5.69 Å². The van der Waals surface area contributed by atoms with Gasteiger partial charge in [0.1, 0.15) is 11.5 Å². The van der Waals surface area contributed by atoms with E-state index in [0.29, 0.717) is 23.2 Å². The fourth-order valence-electron chi connectivity index (χ4n) is 3.29. The molecule has 3 aromatic rings. The van der Waals surface area contributed by atoms with E-state index in [4.69, 9.17) is 4.74 Å². The van der Waals surface area contributed by atoms with Crippen molar-refractivity contribution < 1.29 is 14.6 Å². The van der Waals surface area contributed by atoms with Crippen LogP contribution in [-0.2, 0) is 18.3 Å². The van der Waals surface area contributed by atoms with Gasteiger partial charge in [0.25, 0.3) is 5.56 Å². The summed E-state index contributed by atoms with van der Waals surface area (Å²) in [5.74, 6) is -0.0157. The van der Waals surface area contributed by atoms with Crippen LogP contribution < -0.4 is 15.2 Å². The largest absolute Gasteiger partial charge is 0.507 e. The number of amides is 1. The molecule has 0 aliphatic carbocycles. The van der Waals surface area contributed by atoms with Crippen LogP contribution in [0.15, 0.2) is 53.3 Å². The normalized spacial score (nSPS) is 10.8. The van der Waals surface area contributed by atoms with Crippen molar-refractivity contribution in [2.45, 2.75) is 13.3 Å². The number of nitrogens with zero attached hydrogens (tertiary/aromatic N) is 2. The molecule has 0 bridgehead atoms. The SMILES string of the molecule is CCN(C(=O)Cc1c(O)c2c(OC)cccc2n(C)c1=O)c1ccccc1. The van der Waals surface area contributed by atoms with Gasteiger partial charge in [0.2, 0.25) is 5.91 Å². The Hall–Kier alpha value is -3.28. The lowest BCUT2D eigenvalue weighted by molar-refractivity contribution is -0.118. The molecule has 2 aromatic carbocycles. The highest BCUT2D eigenvalue weighted by atomic mass is 16.5. The minimum atomic E-state index is -0.397. The van der Waals surface area contributed by atoms with Gasteiger partial charge in [-0.15, -0.1) is 0 Å². The lowest BCUT2D eigenvalue weighted by Crippen LogP contribution is -2.34. The highest BCUT2D eigenvalue weighted by Gasteiger charge is 2.22. The third-order valence-corrected chi connectivity index (χ3v) is 4.68. The summed E-state index contributed by atoms with van der Waals surface area (Å²) in [6.07, 6.45) is -0.199. The minimum absolute atomic E-state index is 0.0638. The number of benzene rings is 2. The summed E-state index contributed by atoms with van der Waals surface area (Å²) >= 11 is 0. The van der Waals surface area contributed by atoms with Crippen LogP contribution in [0.2, 0.25) is 0 Å². The molecule has 0 fully saturated rings. The van der Waals surface area contributed by atoms with Crippen molar-refractivity contribution in [1.29, 1.82) is 0 Å². The van der Waals surface area contributed by atoms with E-state index in [1.165, 1.54) is 11.7 Å². The average Bonchev–Trinajstić information content (AvgIpc) is 2.70. The number of aromatic hydroxyl groups is 1. The quantitative estimate of drug-likeness (QED) is 0.754. The Morgan fingerprint density at radius 1 is 1.15 bits per heavy atom. The zero-order valence-electron chi connectivity index (χ0n) is 15.6. The fourth-order valence-corrected chi connectivity index (χ4v) is 3.29. The van der Waals surface area contributed by atoms with Crippen LogP contribution >= 0.6 is 0 Å². The van der Waals surface area contributed by atoms with Crippen LogP contribution in [0.3, 0.4) is 0 Å². The number of fused-ring (bicyclic) bond motifs is 1. The topological polar surface area (TPSA) is 71.8 Å². The molecule has 0 unspecified atom stereocenters. The zero-order chi connectivity index (χ0) is 19.6. The third kappa shape index (κ3) is 3.26. The predicted molar refractivity (Wildman–Crippen MR) is 106 cm³/mol. The first-order valence-electron chi connectivity index (χ1n) is 8.72. The third-order valence-electron chi connectivity index (χ3n) is 4.68. The van der Waals surface area contributed by atoms with Crippen LogP contribution in [0.4, 0.5) is 5.69 Å². The second-order valence-electron chi connectivity index (χ2n) is 6.20. The molecule has 1 amide bonds. The van der Waals surface area contributed by atoms with Crippen molar-refractivity contribution in [2.75, 3.05) is 18.6 Å². The number of aromatic nitrogens is 1. The van der Waals surface area contributed by atoms with Gasteiger partial charge in [-0.3, -0.25) is 9.59 Å². The first-order valence-corrected chi connectivity index (χ1v) is 8.72. The molecular formula is C21H22N2O4. The van der Waals surface area contributed by atoms with E-state index in [1.807, 2.05) is 37.3 Å². The van der Waals surface area contributed by atoms with Gasteiger partial charge in [-0.2, -0.15) is 0 Å². The number of likely N-dealkylation sites (N-methyl/N-ethyl adjacent to an activating group) is 1. The molecule has 0 atom stereocenters. The number of anilines is 1. The molecule has 0 radical (unpaired) electrons. The number of ether oxygens (including phenoxy) is 1. The lowest BCUT2D eigenvalue weighted by Gasteiger charge is -2.21. The van der Waals surface area contributed by atoms with Gasteiger partial charge >= 0.3 is 0 Å². The number of carbonyl (C=O) groups is 1. The number of pyridine rings is 1. The molecule has 6 nitrogen and oxygen atoms in total. The monoisotopic (exact) mass is 366 g/mol. The molecule has 0 saturated heterocycles. The van der Waals surface area contributed by atoms with Crippen LogP contribution in [0, 0.1) is 0 Å². The maximum atomic E-state index is 12.9. The Kier molecular flexibility index (Phi) is 5.16. The van der Waals surface area contributed by atoms with E-state index in [1.54, 1.807) is 30.1 Å². The Balaban J connectivity index is 2.09. The molecule has 0 spiro atoms. The van der Waals surface area contributed by atoms with E-state index in [-0.39, 0.29) is 23.6 Å². The van der Waals surface area contributed by atoms with E-state index < -0.39 is 5.56 Å². The summed E-state index contributed by atoms with van der Waals surface area (Å²) in [5, 5.41) is 11.2. The summed E-state index contributed by atoms with van der Waals surface area (Å²) in [7, 11) is 3.12. The van der Waals surface area contributed by atoms with Crippen molar-refractivity contribution in [2.24, 2.45) is 7.05 Å². The number of aryl methyl sites for hydroxylation is 1. The second-order valence-corrected chi connectivity index (χ2v) is 6.20. The number of methoxy groups -OCH3 is 1. The van der Waals surface area contributed by atoms with Gasteiger partial charge in [0, 0.05) is 19.3 Å². The van der Waals surface area contributed by atoms with E-state index >= 15 is 0 Å². The van der Waals surface area contributed by atoms with Gasteiger partial charge in [0.15, 0.2) is 0 Å². The van der Waals surface area contributed by atoms with E-state index in [9.17, 15) is 14.7 Å². The number of rotatable bonds is 5. The predicted octanol–water partition coefficient (Wildman–Crippen LogP) is 2.85. The molecule has 3 rings (SSSR count). The van der Waals surface area contributed by atoms with Crippen LogP contribution in [0.25, 0.3) is 10.9 Å². The standard InChI is InChI=1S/C21H22N2O4/c1-4-23(14-9-6-5-7-10-14)18(24)13-15-20(25)19-16(22(2)21(15)26)11-8-12-17(19)27-3/h5-12,25H,4,13H2,1-3H3.